The van der Waals surface area contributed by atoms with Crippen LogP contribution in [0.25, 0.3) is 0 Å². The first kappa shape index (κ1) is 11.8. The Balaban J connectivity index is 2.53. The second-order valence-corrected chi connectivity index (χ2v) is 5.16. The van der Waals surface area contributed by atoms with Gasteiger partial charge in [0.2, 0.25) is 0 Å². The summed E-state index contributed by atoms with van der Waals surface area (Å²) in [4.78, 5) is 0. The zero-order valence-electron chi connectivity index (χ0n) is 9.90. The maximum atomic E-state index is 9.37. The maximum absolute atomic E-state index is 9.37. The van der Waals surface area contributed by atoms with Gasteiger partial charge in [-0.3, -0.25) is 0 Å². The molecule has 0 radical (unpaired) electrons. The fraction of sp³-hybridized carbons (Fsp3) is 0.846. The van der Waals surface area contributed by atoms with E-state index < -0.39 is 0 Å². The Bertz CT molecular complexity index is 195. The lowest BCUT2D eigenvalue weighted by Gasteiger charge is -2.31. The number of aliphatic hydroxyl groups is 1. The molecule has 1 N–H and O–H groups in total. The molecule has 1 aliphatic rings. The molecule has 4 atom stereocenters. The molecule has 0 aromatic heterocycles. The lowest BCUT2D eigenvalue weighted by atomic mass is 9.75. The first-order valence-corrected chi connectivity index (χ1v) is 5.88. The number of rotatable bonds is 3. The SMILES string of the molecule is CC(C)C(C)C(C)C1C=CC(O)CC1. The summed E-state index contributed by atoms with van der Waals surface area (Å²) in [6.07, 6.45) is 6.09. The van der Waals surface area contributed by atoms with E-state index in [4.69, 9.17) is 0 Å². The molecule has 4 unspecified atom stereocenters. The van der Waals surface area contributed by atoms with E-state index in [-0.39, 0.29) is 6.10 Å². The highest BCUT2D eigenvalue weighted by Gasteiger charge is 2.25. The molecule has 1 heteroatoms. The van der Waals surface area contributed by atoms with Gasteiger partial charge in [0.1, 0.15) is 0 Å². The third-order valence-corrected chi connectivity index (χ3v) is 3.93. The molecular formula is C13H24O. The van der Waals surface area contributed by atoms with E-state index in [0.29, 0.717) is 5.92 Å². The maximum Gasteiger partial charge on any atom is 0.0721 e. The Morgan fingerprint density at radius 1 is 1.07 bits per heavy atom. The van der Waals surface area contributed by atoms with Crippen molar-refractivity contribution in [2.75, 3.05) is 0 Å². The van der Waals surface area contributed by atoms with Crippen molar-refractivity contribution in [3.8, 4) is 0 Å². The Labute approximate surface area is 88.2 Å². The van der Waals surface area contributed by atoms with Crippen LogP contribution in [-0.4, -0.2) is 11.2 Å². The Kier molecular flexibility index (Phi) is 4.18. The van der Waals surface area contributed by atoms with Gasteiger partial charge in [0, 0.05) is 0 Å². The van der Waals surface area contributed by atoms with Gasteiger partial charge in [-0.25, -0.2) is 0 Å². The molecule has 0 aliphatic heterocycles. The summed E-state index contributed by atoms with van der Waals surface area (Å²) in [5, 5.41) is 9.37. The lowest BCUT2D eigenvalue weighted by molar-refractivity contribution is 0.165. The van der Waals surface area contributed by atoms with Crippen molar-refractivity contribution in [2.24, 2.45) is 23.7 Å². The predicted octanol–water partition coefficient (Wildman–Crippen LogP) is 3.24. The molecule has 82 valence electrons. The van der Waals surface area contributed by atoms with Gasteiger partial charge in [-0.05, 0) is 36.5 Å². The standard InChI is InChI=1S/C13H24O/c1-9(2)10(3)11(4)12-5-7-13(14)8-6-12/h5,7,9-14H,6,8H2,1-4H3. The highest BCUT2D eigenvalue weighted by Crippen LogP contribution is 2.32. The molecule has 0 saturated carbocycles. The monoisotopic (exact) mass is 196 g/mol. The molecule has 0 bridgehead atoms. The van der Waals surface area contributed by atoms with Gasteiger partial charge >= 0.3 is 0 Å². The molecule has 0 fully saturated rings. The second-order valence-electron chi connectivity index (χ2n) is 5.16. The number of allylic oxidation sites excluding steroid dienone is 1. The normalized spacial score (nSPS) is 31.9. The van der Waals surface area contributed by atoms with Crippen LogP contribution in [0.1, 0.15) is 40.5 Å². The zero-order valence-corrected chi connectivity index (χ0v) is 9.90. The molecule has 0 saturated heterocycles. The van der Waals surface area contributed by atoms with Gasteiger partial charge in [0.25, 0.3) is 0 Å². The third kappa shape index (κ3) is 2.84. The summed E-state index contributed by atoms with van der Waals surface area (Å²) < 4.78 is 0. The Hall–Kier alpha value is -0.300. The van der Waals surface area contributed by atoms with Crippen LogP contribution in [0.2, 0.25) is 0 Å². The van der Waals surface area contributed by atoms with Gasteiger partial charge in [0.15, 0.2) is 0 Å². The molecule has 0 aromatic rings. The summed E-state index contributed by atoms with van der Waals surface area (Å²) in [6, 6.07) is 0. The summed E-state index contributed by atoms with van der Waals surface area (Å²) in [5.41, 5.74) is 0. The van der Waals surface area contributed by atoms with Crippen LogP contribution in [0.4, 0.5) is 0 Å². The molecule has 0 amide bonds. The quantitative estimate of drug-likeness (QED) is 0.687. The minimum atomic E-state index is -0.187. The summed E-state index contributed by atoms with van der Waals surface area (Å²) in [7, 11) is 0. The average Bonchev–Trinajstić information content (AvgIpc) is 2.16. The van der Waals surface area contributed by atoms with Gasteiger partial charge in [-0.2, -0.15) is 0 Å². The van der Waals surface area contributed by atoms with Crippen molar-refractivity contribution >= 4 is 0 Å². The van der Waals surface area contributed by atoms with Crippen molar-refractivity contribution < 1.29 is 5.11 Å². The summed E-state index contributed by atoms with van der Waals surface area (Å²) in [6.45, 7) is 9.27. The molecule has 1 aliphatic carbocycles. The van der Waals surface area contributed by atoms with E-state index in [9.17, 15) is 5.11 Å². The smallest absolute Gasteiger partial charge is 0.0721 e. The number of aliphatic hydroxyl groups excluding tert-OH is 1. The van der Waals surface area contributed by atoms with Crippen molar-refractivity contribution in [3.63, 3.8) is 0 Å². The molecular weight excluding hydrogens is 172 g/mol. The largest absolute Gasteiger partial charge is 0.389 e. The van der Waals surface area contributed by atoms with Gasteiger partial charge < -0.3 is 5.11 Å². The fourth-order valence-electron chi connectivity index (χ4n) is 2.26. The van der Waals surface area contributed by atoms with E-state index >= 15 is 0 Å². The van der Waals surface area contributed by atoms with E-state index in [1.54, 1.807) is 0 Å². The van der Waals surface area contributed by atoms with E-state index in [1.807, 2.05) is 6.08 Å². The van der Waals surface area contributed by atoms with E-state index in [0.717, 1.165) is 30.6 Å². The third-order valence-electron chi connectivity index (χ3n) is 3.93. The van der Waals surface area contributed by atoms with Crippen LogP contribution >= 0.6 is 0 Å². The van der Waals surface area contributed by atoms with Crippen LogP contribution in [0.3, 0.4) is 0 Å². The average molecular weight is 196 g/mol. The fourth-order valence-corrected chi connectivity index (χ4v) is 2.26. The van der Waals surface area contributed by atoms with Crippen molar-refractivity contribution in [1.82, 2.24) is 0 Å². The molecule has 0 aromatic carbocycles. The van der Waals surface area contributed by atoms with Crippen molar-refractivity contribution in [3.05, 3.63) is 12.2 Å². The molecule has 0 heterocycles. The summed E-state index contributed by atoms with van der Waals surface area (Å²) >= 11 is 0. The summed E-state index contributed by atoms with van der Waals surface area (Å²) in [5.74, 6) is 2.93. The van der Waals surface area contributed by atoms with Crippen LogP contribution in [0, 0.1) is 23.7 Å². The van der Waals surface area contributed by atoms with Crippen LogP contribution in [-0.2, 0) is 0 Å². The zero-order chi connectivity index (χ0) is 10.7. The number of hydrogen-bond acceptors (Lipinski definition) is 1. The van der Waals surface area contributed by atoms with Gasteiger partial charge in [-0.1, -0.05) is 39.8 Å². The highest BCUT2D eigenvalue weighted by atomic mass is 16.3. The van der Waals surface area contributed by atoms with E-state index in [1.165, 1.54) is 0 Å². The van der Waals surface area contributed by atoms with Crippen molar-refractivity contribution in [1.29, 1.82) is 0 Å². The Morgan fingerprint density at radius 2 is 1.71 bits per heavy atom. The first-order chi connectivity index (χ1) is 6.52. The topological polar surface area (TPSA) is 20.2 Å². The minimum Gasteiger partial charge on any atom is -0.389 e. The van der Waals surface area contributed by atoms with Crippen LogP contribution in [0.5, 0.6) is 0 Å². The predicted molar refractivity (Wildman–Crippen MR) is 61.0 cm³/mol. The molecule has 0 spiro atoms. The molecule has 1 rings (SSSR count). The Morgan fingerprint density at radius 3 is 2.14 bits per heavy atom. The molecule has 1 nitrogen and oxygen atoms in total. The highest BCUT2D eigenvalue weighted by molar-refractivity contribution is 5.00. The van der Waals surface area contributed by atoms with E-state index in [2.05, 4.69) is 33.8 Å². The van der Waals surface area contributed by atoms with Gasteiger partial charge in [-0.15, -0.1) is 0 Å². The van der Waals surface area contributed by atoms with Crippen LogP contribution in [0.15, 0.2) is 12.2 Å². The first-order valence-electron chi connectivity index (χ1n) is 5.88. The van der Waals surface area contributed by atoms with Crippen molar-refractivity contribution in [2.45, 2.75) is 46.6 Å². The second kappa shape index (κ2) is 4.97. The number of hydrogen-bond donors (Lipinski definition) is 1. The van der Waals surface area contributed by atoms with Crippen LogP contribution < -0.4 is 0 Å². The molecule has 14 heavy (non-hydrogen) atoms. The van der Waals surface area contributed by atoms with Gasteiger partial charge in [0.05, 0.1) is 6.10 Å². The lowest BCUT2D eigenvalue weighted by Crippen LogP contribution is -2.24. The minimum absolute atomic E-state index is 0.187.